The van der Waals surface area contributed by atoms with Crippen LogP contribution < -0.4 is 0 Å². The van der Waals surface area contributed by atoms with Gasteiger partial charge < -0.3 is 4.57 Å². The van der Waals surface area contributed by atoms with E-state index < -0.39 is 0 Å². The van der Waals surface area contributed by atoms with E-state index in [0.717, 1.165) is 23.7 Å². The van der Waals surface area contributed by atoms with Crippen LogP contribution in [0.5, 0.6) is 0 Å². The van der Waals surface area contributed by atoms with Gasteiger partial charge in [0.1, 0.15) is 0 Å². The molecule has 1 aromatic rings. The van der Waals surface area contributed by atoms with E-state index >= 15 is 0 Å². The van der Waals surface area contributed by atoms with E-state index in [2.05, 4.69) is 35.7 Å². The molecule has 3 saturated carbocycles. The van der Waals surface area contributed by atoms with E-state index in [1.807, 2.05) is 12.5 Å². The SMILES string of the molecule is C[C@]12CCCCC1CC[C@@H]1C2CC[C@]2(C)C(n3ccnc3)=CCC12. The number of aromatic nitrogens is 2. The maximum Gasteiger partial charge on any atom is 0.0989 e. The van der Waals surface area contributed by atoms with Gasteiger partial charge in [-0.1, -0.05) is 32.8 Å². The molecule has 5 rings (SSSR count). The molecule has 3 unspecified atom stereocenters. The summed E-state index contributed by atoms with van der Waals surface area (Å²) in [6, 6.07) is 0. The van der Waals surface area contributed by atoms with Crippen molar-refractivity contribution in [3.63, 3.8) is 0 Å². The summed E-state index contributed by atoms with van der Waals surface area (Å²) >= 11 is 0. The van der Waals surface area contributed by atoms with Gasteiger partial charge in [0.15, 0.2) is 0 Å². The highest BCUT2D eigenvalue weighted by Gasteiger charge is 2.58. The summed E-state index contributed by atoms with van der Waals surface area (Å²) in [6.45, 7) is 5.23. The number of allylic oxidation sites excluding steroid dienone is 2. The molecule has 0 amide bonds. The molecule has 0 spiro atoms. The fourth-order valence-corrected chi connectivity index (χ4v) is 7.64. The Morgan fingerprint density at radius 1 is 1.04 bits per heavy atom. The van der Waals surface area contributed by atoms with Crippen LogP contribution in [-0.4, -0.2) is 9.55 Å². The Morgan fingerprint density at radius 2 is 1.96 bits per heavy atom. The third kappa shape index (κ3) is 1.92. The van der Waals surface area contributed by atoms with Crippen molar-refractivity contribution >= 4 is 5.70 Å². The van der Waals surface area contributed by atoms with Crippen molar-refractivity contribution in [3.05, 3.63) is 24.8 Å². The van der Waals surface area contributed by atoms with Gasteiger partial charge in [0, 0.05) is 23.5 Å². The molecule has 130 valence electrons. The van der Waals surface area contributed by atoms with Gasteiger partial charge in [-0.25, -0.2) is 4.98 Å². The molecule has 1 aromatic heterocycles. The number of hydrogen-bond acceptors (Lipinski definition) is 1. The van der Waals surface area contributed by atoms with Crippen LogP contribution in [0.15, 0.2) is 24.8 Å². The largest absolute Gasteiger partial charge is 0.310 e. The summed E-state index contributed by atoms with van der Waals surface area (Å²) < 4.78 is 2.30. The molecule has 0 saturated heterocycles. The van der Waals surface area contributed by atoms with Crippen molar-refractivity contribution in [2.75, 3.05) is 0 Å². The Kier molecular flexibility index (Phi) is 3.31. The number of fused-ring (bicyclic) bond motifs is 5. The second-order valence-electron chi connectivity index (χ2n) is 9.65. The molecule has 0 N–H and O–H groups in total. The van der Waals surface area contributed by atoms with Gasteiger partial charge >= 0.3 is 0 Å². The van der Waals surface area contributed by atoms with Crippen LogP contribution in [0.3, 0.4) is 0 Å². The lowest BCUT2D eigenvalue weighted by Gasteiger charge is -2.60. The van der Waals surface area contributed by atoms with Crippen molar-refractivity contribution in [2.24, 2.45) is 34.5 Å². The van der Waals surface area contributed by atoms with E-state index in [1.165, 1.54) is 57.8 Å². The van der Waals surface area contributed by atoms with E-state index in [0.29, 0.717) is 10.8 Å². The molecule has 0 aromatic carbocycles. The normalized spacial score (nSPS) is 47.5. The smallest absolute Gasteiger partial charge is 0.0989 e. The zero-order chi connectivity index (χ0) is 16.4. The van der Waals surface area contributed by atoms with Crippen molar-refractivity contribution in [1.82, 2.24) is 9.55 Å². The van der Waals surface area contributed by atoms with Crippen molar-refractivity contribution in [1.29, 1.82) is 0 Å². The Bertz CT molecular complexity index is 645. The van der Waals surface area contributed by atoms with Gasteiger partial charge in [-0.2, -0.15) is 0 Å². The molecule has 4 aliphatic carbocycles. The van der Waals surface area contributed by atoms with Gasteiger partial charge in [-0.05, 0) is 74.0 Å². The molecule has 4 aliphatic rings. The second kappa shape index (κ2) is 5.22. The monoisotopic (exact) mass is 324 g/mol. The highest BCUT2D eigenvalue weighted by molar-refractivity contribution is 5.56. The van der Waals surface area contributed by atoms with Crippen LogP contribution in [-0.2, 0) is 0 Å². The number of nitrogens with zero attached hydrogens (tertiary/aromatic N) is 2. The molecule has 6 atom stereocenters. The van der Waals surface area contributed by atoms with Crippen molar-refractivity contribution < 1.29 is 0 Å². The summed E-state index contributed by atoms with van der Waals surface area (Å²) in [5.41, 5.74) is 2.57. The molecule has 0 bridgehead atoms. The predicted octanol–water partition coefficient (Wildman–Crippen LogP) is 5.77. The predicted molar refractivity (Wildman–Crippen MR) is 98.2 cm³/mol. The molecule has 2 heteroatoms. The number of hydrogen-bond donors (Lipinski definition) is 0. The highest BCUT2D eigenvalue weighted by atomic mass is 15.1. The fraction of sp³-hybridized carbons (Fsp3) is 0.773. The Labute approximate surface area is 146 Å². The van der Waals surface area contributed by atoms with E-state index in [1.54, 1.807) is 5.70 Å². The quantitative estimate of drug-likeness (QED) is 0.641. The van der Waals surface area contributed by atoms with Crippen LogP contribution in [0.1, 0.15) is 71.6 Å². The summed E-state index contributed by atoms with van der Waals surface area (Å²) in [6.07, 6.45) is 21.7. The minimum absolute atomic E-state index is 0.375. The standard InChI is InChI=1S/C22H32N2/c1-21-11-4-3-5-16(21)6-7-17-18-8-9-20(24-14-13-23-15-24)22(18,2)12-10-19(17)21/h9,13-19H,3-8,10-12H2,1-2H3/t16?,17-,18?,19?,21-,22-/m0/s1. The van der Waals surface area contributed by atoms with Crippen LogP contribution in [0.4, 0.5) is 0 Å². The third-order valence-corrected chi connectivity index (χ3v) is 8.91. The summed E-state index contributed by atoms with van der Waals surface area (Å²) in [7, 11) is 0. The molecular formula is C22H32N2. The first-order valence-electron chi connectivity index (χ1n) is 10.3. The molecule has 2 nitrogen and oxygen atoms in total. The van der Waals surface area contributed by atoms with Gasteiger partial charge in [0.05, 0.1) is 6.33 Å². The Balaban J connectivity index is 1.46. The summed E-state index contributed by atoms with van der Waals surface area (Å²) in [5.74, 6) is 3.85. The maximum absolute atomic E-state index is 4.30. The fourth-order valence-electron chi connectivity index (χ4n) is 7.64. The van der Waals surface area contributed by atoms with Crippen molar-refractivity contribution in [3.8, 4) is 0 Å². The topological polar surface area (TPSA) is 17.8 Å². The van der Waals surface area contributed by atoms with Crippen molar-refractivity contribution in [2.45, 2.75) is 71.6 Å². The molecule has 24 heavy (non-hydrogen) atoms. The molecule has 0 aliphatic heterocycles. The molecule has 1 heterocycles. The summed E-state index contributed by atoms with van der Waals surface area (Å²) in [5, 5.41) is 0. The van der Waals surface area contributed by atoms with Gasteiger partial charge in [-0.3, -0.25) is 0 Å². The zero-order valence-electron chi connectivity index (χ0n) is 15.4. The maximum atomic E-state index is 4.30. The third-order valence-electron chi connectivity index (χ3n) is 8.91. The lowest BCUT2D eigenvalue weighted by molar-refractivity contribution is -0.0960. The first-order chi connectivity index (χ1) is 11.6. The van der Waals surface area contributed by atoms with E-state index in [9.17, 15) is 0 Å². The Morgan fingerprint density at radius 3 is 2.79 bits per heavy atom. The molecule has 3 fully saturated rings. The lowest BCUT2D eigenvalue weighted by atomic mass is 9.45. The second-order valence-corrected chi connectivity index (χ2v) is 9.65. The van der Waals surface area contributed by atoms with E-state index in [4.69, 9.17) is 0 Å². The summed E-state index contributed by atoms with van der Waals surface area (Å²) in [4.78, 5) is 4.30. The minimum atomic E-state index is 0.375. The van der Waals surface area contributed by atoms with E-state index in [-0.39, 0.29) is 0 Å². The molecular weight excluding hydrogens is 292 g/mol. The van der Waals surface area contributed by atoms with Crippen LogP contribution in [0, 0.1) is 34.5 Å². The zero-order valence-corrected chi connectivity index (χ0v) is 15.4. The van der Waals surface area contributed by atoms with Gasteiger partial charge in [0.25, 0.3) is 0 Å². The minimum Gasteiger partial charge on any atom is -0.310 e. The number of rotatable bonds is 1. The van der Waals surface area contributed by atoms with Crippen LogP contribution in [0.25, 0.3) is 5.70 Å². The molecule has 0 radical (unpaired) electrons. The first-order valence-corrected chi connectivity index (χ1v) is 10.3. The Hall–Kier alpha value is -1.05. The average Bonchev–Trinajstić information content (AvgIpc) is 3.20. The van der Waals surface area contributed by atoms with Gasteiger partial charge in [0.2, 0.25) is 0 Å². The first kappa shape index (κ1) is 15.2. The van der Waals surface area contributed by atoms with Crippen LogP contribution >= 0.6 is 0 Å². The number of imidazole rings is 1. The average molecular weight is 325 g/mol. The lowest BCUT2D eigenvalue weighted by Crippen LogP contribution is -2.52. The highest BCUT2D eigenvalue weighted by Crippen LogP contribution is 2.66. The van der Waals surface area contributed by atoms with Gasteiger partial charge in [-0.15, -0.1) is 0 Å². The van der Waals surface area contributed by atoms with Crippen LogP contribution in [0.2, 0.25) is 0 Å².